The van der Waals surface area contributed by atoms with E-state index in [0.29, 0.717) is 12.3 Å². The molecule has 0 spiro atoms. The third-order valence-electron chi connectivity index (χ3n) is 2.19. The molecule has 1 aliphatic heterocycles. The van der Waals surface area contributed by atoms with E-state index in [4.69, 9.17) is 5.84 Å². The fourth-order valence-electron chi connectivity index (χ4n) is 1.42. The third-order valence-corrected chi connectivity index (χ3v) is 4.88. The maximum atomic E-state index is 11.4. The van der Waals surface area contributed by atoms with Crippen LogP contribution in [0, 0.1) is 0 Å². The molecule has 1 amide bonds. The first-order valence-corrected chi connectivity index (χ1v) is 7.56. The van der Waals surface area contributed by atoms with Gasteiger partial charge in [0, 0.05) is 24.3 Å². The molecule has 6 nitrogen and oxygen atoms in total. The summed E-state index contributed by atoms with van der Waals surface area (Å²) in [5, 5.41) is -0.575. The van der Waals surface area contributed by atoms with Gasteiger partial charge in [-0.1, -0.05) is 0 Å². The number of rotatable bonds is 3. The predicted octanol–water partition coefficient (Wildman–Crippen LogP) is -1.60. The highest BCUT2D eigenvalue weighted by Gasteiger charge is 2.31. The Bertz CT molecular complexity index is 330. The topological polar surface area (TPSA) is 92.5 Å². The molecule has 88 valence electrons. The number of carbonyl (C=O) groups is 1. The van der Waals surface area contributed by atoms with Gasteiger partial charge < -0.3 is 0 Å². The molecule has 0 saturated carbocycles. The van der Waals surface area contributed by atoms with Crippen LogP contribution >= 0.6 is 11.8 Å². The summed E-state index contributed by atoms with van der Waals surface area (Å²) in [5.41, 5.74) is 2.00. The van der Waals surface area contributed by atoms with Crippen molar-refractivity contribution in [3.05, 3.63) is 0 Å². The maximum absolute atomic E-state index is 11.4. The number of sulfone groups is 1. The van der Waals surface area contributed by atoms with Crippen molar-refractivity contribution in [3.63, 3.8) is 0 Å². The first-order valence-electron chi connectivity index (χ1n) is 4.45. The van der Waals surface area contributed by atoms with Gasteiger partial charge in [-0.2, -0.15) is 11.8 Å². The Morgan fingerprint density at radius 1 is 1.67 bits per heavy atom. The van der Waals surface area contributed by atoms with E-state index in [0.717, 1.165) is 5.75 Å². The number of nitrogens with two attached hydrogens (primary N) is 1. The van der Waals surface area contributed by atoms with E-state index in [-0.39, 0.29) is 12.5 Å². The Morgan fingerprint density at radius 2 is 2.33 bits per heavy atom. The van der Waals surface area contributed by atoms with Crippen molar-refractivity contribution in [2.45, 2.75) is 5.37 Å². The van der Waals surface area contributed by atoms with Crippen LogP contribution < -0.4 is 11.3 Å². The van der Waals surface area contributed by atoms with E-state index in [1.807, 2.05) is 5.43 Å². The van der Waals surface area contributed by atoms with Crippen molar-refractivity contribution in [1.82, 2.24) is 10.3 Å². The van der Waals surface area contributed by atoms with Crippen LogP contribution in [0.3, 0.4) is 0 Å². The molecule has 1 aliphatic rings. The van der Waals surface area contributed by atoms with Gasteiger partial charge in [0.05, 0.1) is 6.54 Å². The second-order valence-electron chi connectivity index (χ2n) is 3.40. The lowest BCUT2D eigenvalue weighted by Crippen LogP contribution is -2.51. The molecule has 1 fully saturated rings. The van der Waals surface area contributed by atoms with Crippen LogP contribution in [0.4, 0.5) is 0 Å². The van der Waals surface area contributed by atoms with Gasteiger partial charge in [0.15, 0.2) is 9.84 Å². The standard InChI is InChI=1S/C7H15N3O3S2/c1-15(12,13)7-5-14-3-2-10(7)4-6(11)9-8/h7H,2-5,8H2,1H3,(H,9,11). The van der Waals surface area contributed by atoms with Gasteiger partial charge in [-0.25, -0.2) is 14.3 Å². The third kappa shape index (κ3) is 3.63. The first kappa shape index (κ1) is 12.8. The predicted molar refractivity (Wildman–Crippen MR) is 59.9 cm³/mol. The second-order valence-corrected chi connectivity index (χ2v) is 6.75. The summed E-state index contributed by atoms with van der Waals surface area (Å²) in [5.74, 6) is 5.95. The average Bonchev–Trinajstić information content (AvgIpc) is 2.17. The van der Waals surface area contributed by atoms with E-state index in [2.05, 4.69) is 0 Å². The zero-order chi connectivity index (χ0) is 11.5. The molecule has 0 bridgehead atoms. The maximum Gasteiger partial charge on any atom is 0.248 e. The van der Waals surface area contributed by atoms with Gasteiger partial charge >= 0.3 is 0 Å². The van der Waals surface area contributed by atoms with Crippen LogP contribution in [-0.4, -0.2) is 55.4 Å². The van der Waals surface area contributed by atoms with Crippen molar-refractivity contribution >= 4 is 27.5 Å². The Kier molecular flexibility index (Phi) is 4.38. The van der Waals surface area contributed by atoms with Gasteiger partial charge in [0.25, 0.3) is 0 Å². The molecule has 0 radical (unpaired) electrons. The van der Waals surface area contributed by atoms with Crippen molar-refractivity contribution in [2.24, 2.45) is 5.84 Å². The second kappa shape index (κ2) is 5.15. The molecule has 1 saturated heterocycles. The van der Waals surface area contributed by atoms with Crippen LogP contribution in [-0.2, 0) is 14.6 Å². The number of nitrogens with zero attached hydrogens (tertiary/aromatic N) is 1. The zero-order valence-corrected chi connectivity index (χ0v) is 10.1. The molecule has 3 N–H and O–H groups in total. The summed E-state index contributed by atoms with van der Waals surface area (Å²) < 4.78 is 22.9. The Morgan fingerprint density at radius 3 is 2.87 bits per heavy atom. The normalized spacial score (nSPS) is 23.7. The van der Waals surface area contributed by atoms with Crippen molar-refractivity contribution < 1.29 is 13.2 Å². The highest BCUT2D eigenvalue weighted by atomic mass is 32.2. The Labute approximate surface area is 93.5 Å². The fraction of sp³-hybridized carbons (Fsp3) is 0.857. The van der Waals surface area contributed by atoms with Crippen molar-refractivity contribution in [3.8, 4) is 0 Å². The number of hydrogen-bond acceptors (Lipinski definition) is 6. The van der Waals surface area contributed by atoms with E-state index in [1.165, 1.54) is 6.26 Å². The molecule has 0 aromatic rings. The molecule has 15 heavy (non-hydrogen) atoms. The number of nitrogens with one attached hydrogen (secondary N) is 1. The average molecular weight is 253 g/mol. The number of hydrogen-bond donors (Lipinski definition) is 2. The van der Waals surface area contributed by atoms with E-state index in [9.17, 15) is 13.2 Å². The molecule has 0 aromatic heterocycles. The summed E-state index contributed by atoms with van der Waals surface area (Å²) in [4.78, 5) is 12.7. The summed E-state index contributed by atoms with van der Waals surface area (Å²) >= 11 is 1.58. The van der Waals surface area contributed by atoms with Gasteiger partial charge in [-0.15, -0.1) is 0 Å². The largest absolute Gasteiger partial charge is 0.293 e. The van der Waals surface area contributed by atoms with Gasteiger partial charge in [0.2, 0.25) is 5.91 Å². The molecule has 1 rings (SSSR count). The van der Waals surface area contributed by atoms with Crippen LogP contribution in [0.25, 0.3) is 0 Å². The van der Waals surface area contributed by atoms with Crippen molar-refractivity contribution in [2.75, 3.05) is 30.9 Å². The summed E-state index contributed by atoms with van der Waals surface area (Å²) in [6.07, 6.45) is 1.19. The number of thioether (sulfide) groups is 1. The summed E-state index contributed by atoms with van der Waals surface area (Å²) in [6.45, 7) is 0.630. The van der Waals surface area contributed by atoms with Crippen LogP contribution in [0.5, 0.6) is 0 Å². The van der Waals surface area contributed by atoms with Gasteiger partial charge in [-0.3, -0.25) is 15.1 Å². The smallest absolute Gasteiger partial charge is 0.248 e. The number of hydrazine groups is 1. The summed E-state index contributed by atoms with van der Waals surface area (Å²) in [6, 6.07) is 0. The molecule has 0 aliphatic carbocycles. The minimum Gasteiger partial charge on any atom is -0.293 e. The Balaban J connectivity index is 2.70. The fourth-order valence-corrected chi connectivity index (χ4v) is 4.36. The SMILES string of the molecule is CS(=O)(=O)C1CSCCN1CC(=O)NN. The zero-order valence-electron chi connectivity index (χ0n) is 8.47. The quantitative estimate of drug-likeness (QED) is 0.357. The molecular formula is C7H15N3O3S2. The van der Waals surface area contributed by atoms with Crippen LogP contribution in [0.15, 0.2) is 0 Å². The highest BCUT2D eigenvalue weighted by Crippen LogP contribution is 2.19. The van der Waals surface area contributed by atoms with Crippen molar-refractivity contribution in [1.29, 1.82) is 0 Å². The van der Waals surface area contributed by atoms with Gasteiger partial charge in [0.1, 0.15) is 5.37 Å². The van der Waals surface area contributed by atoms with E-state index in [1.54, 1.807) is 16.7 Å². The number of carbonyl (C=O) groups excluding carboxylic acids is 1. The van der Waals surface area contributed by atoms with E-state index >= 15 is 0 Å². The van der Waals surface area contributed by atoms with Crippen LogP contribution in [0.2, 0.25) is 0 Å². The molecule has 1 atom stereocenters. The monoisotopic (exact) mass is 253 g/mol. The highest BCUT2D eigenvalue weighted by molar-refractivity contribution is 8.00. The first-order chi connectivity index (χ1) is 6.95. The minimum atomic E-state index is -3.14. The molecule has 1 heterocycles. The molecule has 8 heteroatoms. The Hall–Kier alpha value is -0.310. The lowest BCUT2D eigenvalue weighted by molar-refractivity contribution is -0.122. The van der Waals surface area contributed by atoms with Gasteiger partial charge in [-0.05, 0) is 0 Å². The van der Waals surface area contributed by atoms with Crippen LogP contribution in [0.1, 0.15) is 0 Å². The minimum absolute atomic E-state index is 0.0365. The lowest BCUT2D eigenvalue weighted by Gasteiger charge is -2.33. The molecule has 0 aromatic carbocycles. The van der Waals surface area contributed by atoms with E-state index < -0.39 is 15.2 Å². The molecular weight excluding hydrogens is 238 g/mol. The number of amides is 1. The summed E-state index contributed by atoms with van der Waals surface area (Å²) in [7, 11) is -3.14. The lowest BCUT2D eigenvalue weighted by atomic mass is 10.4. The molecule has 1 unspecified atom stereocenters.